The molecule has 2 atom stereocenters. The molecule has 0 amide bonds. The van der Waals surface area contributed by atoms with Crippen molar-refractivity contribution in [3.05, 3.63) is 99.3 Å². The molecule has 1 heterocycles. The molecule has 164 valence electrons. The molecule has 1 aliphatic heterocycles. The number of hydrogen-bond acceptors (Lipinski definition) is 3. The van der Waals surface area contributed by atoms with Crippen LogP contribution in [0.5, 0.6) is 5.75 Å². The molecular weight excluding hydrogens is 441 g/mol. The number of aryl methyl sites for hydroxylation is 1. The first-order chi connectivity index (χ1) is 15.4. The van der Waals surface area contributed by atoms with Crippen molar-refractivity contribution < 1.29 is 4.74 Å². The van der Waals surface area contributed by atoms with E-state index in [4.69, 9.17) is 34.5 Å². The average molecular weight is 466 g/mol. The molecule has 4 rings (SSSR count). The molecule has 1 aliphatic rings. The molecule has 0 spiro atoms. The molecular formula is C26H25Cl2N3O. The van der Waals surface area contributed by atoms with Gasteiger partial charge in [-0.15, -0.1) is 0 Å². The van der Waals surface area contributed by atoms with Crippen molar-refractivity contribution in [2.45, 2.75) is 19.0 Å². The molecule has 0 saturated carbocycles. The third kappa shape index (κ3) is 5.02. The van der Waals surface area contributed by atoms with E-state index in [1.165, 1.54) is 5.56 Å². The van der Waals surface area contributed by atoms with Crippen LogP contribution in [-0.2, 0) is 0 Å². The van der Waals surface area contributed by atoms with Gasteiger partial charge < -0.3 is 9.64 Å². The van der Waals surface area contributed by atoms with E-state index in [2.05, 4.69) is 52.9 Å². The van der Waals surface area contributed by atoms with Gasteiger partial charge >= 0.3 is 0 Å². The summed E-state index contributed by atoms with van der Waals surface area (Å²) in [5.74, 6) is 0.774. The van der Waals surface area contributed by atoms with Crippen LogP contribution in [0.15, 0.2) is 66.7 Å². The van der Waals surface area contributed by atoms with Gasteiger partial charge in [-0.2, -0.15) is 0 Å². The second kappa shape index (κ2) is 9.83. The first kappa shape index (κ1) is 22.5. The van der Waals surface area contributed by atoms with Crippen LogP contribution in [0.25, 0.3) is 4.85 Å². The number of piperazine rings is 1. The van der Waals surface area contributed by atoms with Crippen LogP contribution < -0.4 is 9.64 Å². The van der Waals surface area contributed by atoms with Crippen molar-refractivity contribution in [1.29, 1.82) is 0 Å². The number of likely N-dealkylation sites (N-methyl/N-ethyl adjacent to an activating group) is 1. The maximum atomic E-state index is 7.09. The smallest absolute Gasteiger partial charge is 0.187 e. The Balaban J connectivity index is 1.58. The minimum Gasteiger partial charge on any atom is -0.492 e. The van der Waals surface area contributed by atoms with Crippen molar-refractivity contribution in [1.82, 2.24) is 4.90 Å². The SMILES string of the molecule is [C-]#[N+]c1ccc(OC[C@H]2CN(c3ccc(C)cc3)[C@@H](c3ccc(Cl)cc3Cl)CN2C)cc1. The lowest BCUT2D eigenvalue weighted by molar-refractivity contribution is 0.129. The van der Waals surface area contributed by atoms with E-state index >= 15 is 0 Å². The summed E-state index contributed by atoms with van der Waals surface area (Å²) < 4.78 is 6.08. The van der Waals surface area contributed by atoms with Crippen molar-refractivity contribution in [2.24, 2.45) is 0 Å². The summed E-state index contributed by atoms with van der Waals surface area (Å²) in [5, 5.41) is 1.32. The summed E-state index contributed by atoms with van der Waals surface area (Å²) in [6, 6.07) is 21.9. The van der Waals surface area contributed by atoms with Gasteiger partial charge in [0.15, 0.2) is 5.69 Å². The zero-order chi connectivity index (χ0) is 22.7. The minimum atomic E-state index is 0.0988. The van der Waals surface area contributed by atoms with Crippen LogP contribution in [0.3, 0.4) is 0 Å². The van der Waals surface area contributed by atoms with E-state index in [9.17, 15) is 0 Å². The van der Waals surface area contributed by atoms with Gasteiger partial charge in [0.1, 0.15) is 12.4 Å². The van der Waals surface area contributed by atoms with Crippen molar-refractivity contribution in [3.63, 3.8) is 0 Å². The Labute approximate surface area is 199 Å². The number of halogens is 2. The third-order valence-electron chi connectivity index (χ3n) is 5.96. The molecule has 0 bridgehead atoms. The molecule has 4 nitrogen and oxygen atoms in total. The number of nitrogens with zero attached hydrogens (tertiary/aromatic N) is 3. The van der Waals surface area contributed by atoms with Gasteiger partial charge in [-0.05, 0) is 55.9 Å². The lowest BCUT2D eigenvalue weighted by Gasteiger charge is -2.46. The van der Waals surface area contributed by atoms with Gasteiger partial charge in [-0.3, -0.25) is 4.90 Å². The fourth-order valence-corrected chi connectivity index (χ4v) is 4.60. The standard InChI is InChI=1S/C26H25Cl2N3O/c1-18-4-9-21(10-5-18)31-15-22(17-32-23-11-7-20(29-2)8-12-23)30(3)16-26(31)24-13-6-19(27)14-25(24)28/h4-14,22,26H,15-17H2,1,3H3/t22-,26-/m1/s1. The topological polar surface area (TPSA) is 20.1 Å². The van der Waals surface area contributed by atoms with Gasteiger partial charge in [0.25, 0.3) is 0 Å². The van der Waals surface area contributed by atoms with Gasteiger partial charge in [-0.1, -0.05) is 59.1 Å². The fourth-order valence-electron chi connectivity index (χ4n) is 4.06. The van der Waals surface area contributed by atoms with Gasteiger partial charge in [0.2, 0.25) is 0 Å². The summed E-state index contributed by atoms with van der Waals surface area (Å²) >= 11 is 12.8. The van der Waals surface area contributed by atoms with E-state index < -0.39 is 0 Å². The molecule has 3 aromatic rings. The quantitative estimate of drug-likeness (QED) is 0.386. The summed E-state index contributed by atoms with van der Waals surface area (Å²) in [6.45, 7) is 11.3. The normalized spacial score (nSPS) is 18.9. The molecule has 1 saturated heterocycles. The Morgan fingerprint density at radius 1 is 1.00 bits per heavy atom. The largest absolute Gasteiger partial charge is 0.492 e. The zero-order valence-electron chi connectivity index (χ0n) is 18.1. The second-order valence-electron chi connectivity index (χ2n) is 8.18. The minimum absolute atomic E-state index is 0.0988. The number of benzene rings is 3. The van der Waals surface area contributed by atoms with Crippen LogP contribution in [0.2, 0.25) is 10.0 Å². The van der Waals surface area contributed by atoms with Crippen molar-refractivity contribution in [3.8, 4) is 5.75 Å². The lowest BCUT2D eigenvalue weighted by atomic mass is 9.98. The van der Waals surface area contributed by atoms with Crippen LogP contribution in [-0.4, -0.2) is 37.7 Å². The highest BCUT2D eigenvalue weighted by Gasteiger charge is 2.34. The molecule has 0 unspecified atom stereocenters. The monoisotopic (exact) mass is 465 g/mol. The van der Waals surface area contributed by atoms with Gasteiger partial charge in [0, 0.05) is 28.8 Å². The maximum Gasteiger partial charge on any atom is 0.187 e. The predicted molar refractivity (Wildman–Crippen MR) is 132 cm³/mol. The van der Waals surface area contributed by atoms with E-state index in [1.54, 1.807) is 12.1 Å². The first-order valence-electron chi connectivity index (χ1n) is 10.5. The highest BCUT2D eigenvalue weighted by molar-refractivity contribution is 6.35. The van der Waals surface area contributed by atoms with Crippen molar-refractivity contribution >= 4 is 34.6 Å². The molecule has 0 radical (unpaired) electrons. The lowest BCUT2D eigenvalue weighted by Crippen LogP contribution is -2.55. The third-order valence-corrected chi connectivity index (χ3v) is 6.53. The molecule has 32 heavy (non-hydrogen) atoms. The maximum absolute atomic E-state index is 7.09. The Kier molecular flexibility index (Phi) is 6.91. The van der Waals surface area contributed by atoms with Crippen LogP contribution in [0, 0.1) is 13.5 Å². The Morgan fingerprint density at radius 2 is 1.72 bits per heavy atom. The first-order valence-corrected chi connectivity index (χ1v) is 11.3. The van der Waals surface area contributed by atoms with E-state index in [0.29, 0.717) is 22.3 Å². The van der Waals surface area contributed by atoms with Crippen molar-refractivity contribution in [2.75, 3.05) is 31.6 Å². The predicted octanol–water partition coefficient (Wildman–Crippen LogP) is 6.79. The molecule has 0 N–H and O–H groups in total. The number of ether oxygens (including phenoxy) is 1. The number of anilines is 1. The fraction of sp³-hybridized carbons (Fsp3) is 0.269. The summed E-state index contributed by atoms with van der Waals surface area (Å²) in [4.78, 5) is 8.17. The second-order valence-corrected chi connectivity index (χ2v) is 9.02. The highest BCUT2D eigenvalue weighted by Crippen LogP contribution is 2.36. The Bertz CT molecular complexity index is 1110. The van der Waals surface area contributed by atoms with E-state index in [-0.39, 0.29) is 12.1 Å². The van der Waals surface area contributed by atoms with Gasteiger partial charge in [0.05, 0.1) is 18.7 Å². The molecule has 0 aromatic heterocycles. The number of rotatable bonds is 5. The zero-order valence-corrected chi connectivity index (χ0v) is 19.6. The number of hydrogen-bond donors (Lipinski definition) is 0. The molecule has 1 fully saturated rings. The molecule has 0 aliphatic carbocycles. The Morgan fingerprint density at radius 3 is 2.38 bits per heavy atom. The Hall–Kier alpha value is -2.71. The van der Waals surface area contributed by atoms with Crippen LogP contribution >= 0.6 is 23.2 Å². The summed E-state index contributed by atoms with van der Waals surface area (Å²) in [5.41, 5.74) is 4.07. The van der Waals surface area contributed by atoms with E-state index in [1.807, 2.05) is 30.3 Å². The average Bonchev–Trinajstić information content (AvgIpc) is 2.79. The molecule has 3 aromatic carbocycles. The summed E-state index contributed by atoms with van der Waals surface area (Å²) in [6.07, 6.45) is 0. The molecule has 6 heteroatoms. The summed E-state index contributed by atoms with van der Waals surface area (Å²) in [7, 11) is 2.12. The van der Waals surface area contributed by atoms with Gasteiger partial charge in [-0.25, -0.2) is 4.85 Å². The van der Waals surface area contributed by atoms with E-state index in [0.717, 1.165) is 30.1 Å². The van der Waals surface area contributed by atoms with Crippen LogP contribution in [0.1, 0.15) is 17.2 Å². The van der Waals surface area contributed by atoms with Crippen LogP contribution in [0.4, 0.5) is 11.4 Å². The highest BCUT2D eigenvalue weighted by atomic mass is 35.5.